The van der Waals surface area contributed by atoms with E-state index < -0.39 is 0 Å². The van der Waals surface area contributed by atoms with E-state index in [2.05, 4.69) is 52.0 Å². The Bertz CT molecular complexity index is 281. The Balaban J connectivity index is 2.74. The van der Waals surface area contributed by atoms with Crippen LogP contribution >= 0.6 is 8.81 Å². The first kappa shape index (κ1) is 11.7. The van der Waals surface area contributed by atoms with Gasteiger partial charge in [0.05, 0.1) is 6.10 Å². The predicted octanol–water partition coefficient (Wildman–Crippen LogP) is 3.45. The molecule has 0 aromatic heterocycles. The summed E-state index contributed by atoms with van der Waals surface area (Å²) in [7, 11) is 0.476. The molecular formula is C12H19OP. The molecule has 1 atom stereocenters. The topological polar surface area (TPSA) is 9.23 Å². The number of rotatable bonds is 4. The highest BCUT2D eigenvalue weighted by Gasteiger charge is 2.06. The lowest BCUT2D eigenvalue weighted by atomic mass is 10.0. The van der Waals surface area contributed by atoms with Gasteiger partial charge in [-0.1, -0.05) is 38.1 Å². The Labute approximate surface area is 88.7 Å². The summed E-state index contributed by atoms with van der Waals surface area (Å²) >= 11 is 0. The summed E-state index contributed by atoms with van der Waals surface area (Å²) in [5.74, 6) is 0.578. The van der Waals surface area contributed by atoms with E-state index in [-0.39, 0.29) is 0 Å². The number of hydrogen-bond donors (Lipinski definition) is 0. The van der Waals surface area contributed by atoms with Crippen LogP contribution in [0.4, 0.5) is 0 Å². The average molecular weight is 210 g/mol. The summed E-state index contributed by atoms with van der Waals surface area (Å²) in [5.41, 5.74) is 1.41. The molecule has 0 aliphatic carbocycles. The minimum atomic E-state index is 0.313. The van der Waals surface area contributed by atoms with Gasteiger partial charge in [0.1, 0.15) is 0 Å². The van der Waals surface area contributed by atoms with Crippen molar-refractivity contribution in [3.63, 3.8) is 0 Å². The summed E-state index contributed by atoms with van der Waals surface area (Å²) in [6.07, 6.45) is 0.313. The summed E-state index contributed by atoms with van der Waals surface area (Å²) in [4.78, 5) is 0. The fourth-order valence-corrected chi connectivity index (χ4v) is 2.29. The van der Waals surface area contributed by atoms with Crippen LogP contribution in [0.25, 0.3) is 0 Å². The molecule has 1 aromatic rings. The van der Waals surface area contributed by atoms with Crippen molar-refractivity contribution in [3.8, 4) is 0 Å². The van der Waals surface area contributed by atoms with E-state index in [1.165, 1.54) is 10.9 Å². The Hall–Kier alpha value is -0.390. The van der Waals surface area contributed by atoms with E-state index in [0.717, 1.165) is 0 Å². The molecular weight excluding hydrogens is 191 g/mol. The van der Waals surface area contributed by atoms with E-state index in [9.17, 15) is 0 Å². The molecule has 0 aliphatic rings. The van der Waals surface area contributed by atoms with Crippen LogP contribution in [0.5, 0.6) is 0 Å². The summed E-state index contributed by atoms with van der Waals surface area (Å²) in [5, 5.41) is 1.34. The van der Waals surface area contributed by atoms with Crippen molar-refractivity contribution >= 4 is 14.1 Å². The largest absolute Gasteiger partial charge is 0.355 e. The van der Waals surface area contributed by atoms with Gasteiger partial charge in [-0.3, -0.25) is 0 Å². The standard InChI is InChI=1S/C12H19OP/c1-9(2)11-7-5-6-8-12(11)14-13-10(3)4/h5-10,14H,1-4H3. The van der Waals surface area contributed by atoms with Gasteiger partial charge < -0.3 is 4.52 Å². The average Bonchev–Trinajstić information content (AvgIpc) is 2.15. The summed E-state index contributed by atoms with van der Waals surface area (Å²) < 4.78 is 5.65. The molecule has 1 rings (SSSR count). The summed E-state index contributed by atoms with van der Waals surface area (Å²) in [6.45, 7) is 8.59. The van der Waals surface area contributed by atoms with Gasteiger partial charge >= 0.3 is 0 Å². The highest BCUT2D eigenvalue weighted by atomic mass is 31.1. The van der Waals surface area contributed by atoms with E-state index in [1.54, 1.807) is 0 Å². The zero-order chi connectivity index (χ0) is 10.6. The first-order valence-corrected chi connectivity index (χ1v) is 6.02. The second-order valence-electron chi connectivity index (χ2n) is 4.01. The van der Waals surface area contributed by atoms with Crippen molar-refractivity contribution in [1.82, 2.24) is 0 Å². The highest BCUT2D eigenvalue weighted by Crippen LogP contribution is 2.22. The summed E-state index contributed by atoms with van der Waals surface area (Å²) in [6, 6.07) is 8.53. The van der Waals surface area contributed by atoms with Crippen molar-refractivity contribution in [1.29, 1.82) is 0 Å². The molecule has 0 heterocycles. The first-order chi connectivity index (χ1) is 6.61. The molecule has 2 heteroatoms. The lowest BCUT2D eigenvalue weighted by molar-refractivity contribution is 0.282. The van der Waals surface area contributed by atoms with Gasteiger partial charge in [-0.25, -0.2) is 0 Å². The third kappa shape index (κ3) is 3.40. The van der Waals surface area contributed by atoms with Crippen molar-refractivity contribution < 1.29 is 4.52 Å². The van der Waals surface area contributed by atoms with E-state index in [0.29, 0.717) is 20.8 Å². The fourth-order valence-electron chi connectivity index (χ4n) is 1.27. The Morgan fingerprint density at radius 3 is 2.29 bits per heavy atom. The molecule has 1 aromatic carbocycles. The third-order valence-corrected chi connectivity index (χ3v) is 3.25. The van der Waals surface area contributed by atoms with Gasteiger partial charge in [0, 0.05) is 14.1 Å². The van der Waals surface area contributed by atoms with Crippen LogP contribution in [0.3, 0.4) is 0 Å². The molecule has 0 radical (unpaired) electrons. The van der Waals surface area contributed by atoms with E-state index in [1.807, 2.05) is 0 Å². The van der Waals surface area contributed by atoms with Crippen LogP contribution in [0, 0.1) is 0 Å². The van der Waals surface area contributed by atoms with Crippen LogP contribution in [0.15, 0.2) is 24.3 Å². The third-order valence-electron chi connectivity index (χ3n) is 1.99. The quantitative estimate of drug-likeness (QED) is 0.691. The second kappa shape index (κ2) is 5.48. The molecule has 0 saturated carbocycles. The molecule has 0 spiro atoms. The molecule has 0 bridgehead atoms. The number of hydrogen-bond acceptors (Lipinski definition) is 1. The molecule has 1 unspecified atom stereocenters. The monoisotopic (exact) mass is 210 g/mol. The number of benzene rings is 1. The molecule has 0 aliphatic heterocycles. The maximum atomic E-state index is 5.65. The molecule has 0 saturated heterocycles. The van der Waals surface area contributed by atoms with E-state index in [4.69, 9.17) is 4.52 Å². The van der Waals surface area contributed by atoms with Crippen LogP contribution in [0.2, 0.25) is 0 Å². The smallest absolute Gasteiger partial charge is 0.0562 e. The normalized spacial score (nSPS) is 12.1. The van der Waals surface area contributed by atoms with Gasteiger partial charge in [0.2, 0.25) is 0 Å². The van der Waals surface area contributed by atoms with Crippen molar-refractivity contribution in [2.45, 2.75) is 39.7 Å². The van der Waals surface area contributed by atoms with Crippen LogP contribution < -0.4 is 5.30 Å². The van der Waals surface area contributed by atoms with Crippen molar-refractivity contribution in [2.75, 3.05) is 0 Å². The molecule has 1 nitrogen and oxygen atoms in total. The Morgan fingerprint density at radius 1 is 1.07 bits per heavy atom. The highest BCUT2D eigenvalue weighted by molar-refractivity contribution is 7.42. The minimum absolute atomic E-state index is 0.313. The maximum Gasteiger partial charge on any atom is 0.0562 e. The SMILES string of the molecule is CC(C)OPc1ccccc1C(C)C. The van der Waals surface area contributed by atoms with Crippen LogP contribution in [-0.2, 0) is 4.52 Å². The fraction of sp³-hybridized carbons (Fsp3) is 0.500. The lowest BCUT2D eigenvalue weighted by Gasteiger charge is -2.13. The Kier molecular flexibility index (Phi) is 4.57. The van der Waals surface area contributed by atoms with Crippen molar-refractivity contribution in [2.24, 2.45) is 0 Å². The van der Waals surface area contributed by atoms with Crippen LogP contribution in [-0.4, -0.2) is 6.10 Å². The van der Waals surface area contributed by atoms with Gasteiger partial charge in [-0.05, 0) is 25.3 Å². The molecule has 78 valence electrons. The maximum absolute atomic E-state index is 5.65. The van der Waals surface area contributed by atoms with Gasteiger partial charge in [-0.2, -0.15) is 0 Å². The predicted molar refractivity (Wildman–Crippen MR) is 64.7 cm³/mol. The van der Waals surface area contributed by atoms with Gasteiger partial charge in [-0.15, -0.1) is 0 Å². The second-order valence-corrected chi connectivity index (χ2v) is 4.99. The molecule has 0 fully saturated rings. The van der Waals surface area contributed by atoms with Gasteiger partial charge in [0.25, 0.3) is 0 Å². The van der Waals surface area contributed by atoms with Crippen molar-refractivity contribution in [3.05, 3.63) is 29.8 Å². The lowest BCUT2D eigenvalue weighted by Crippen LogP contribution is -2.07. The molecule has 0 N–H and O–H groups in total. The van der Waals surface area contributed by atoms with Gasteiger partial charge in [0.15, 0.2) is 0 Å². The first-order valence-electron chi connectivity index (χ1n) is 5.12. The zero-order valence-corrected chi connectivity index (χ0v) is 10.4. The molecule has 0 amide bonds. The zero-order valence-electron chi connectivity index (χ0n) is 9.37. The Morgan fingerprint density at radius 2 is 1.71 bits per heavy atom. The molecule has 14 heavy (non-hydrogen) atoms. The van der Waals surface area contributed by atoms with Crippen LogP contribution in [0.1, 0.15) is 39.2 Å². The van der Waals surface area contributed by atoms with E-state index >= 15 is 0 Å². The minimum Gasteiger partial charge on any atom is -0.355 e.